The molecule has 5 heteroatoms. The molecule has 0 spiro atoms. The van der Waals surface area contributed by atoms with E-state index in [1.54, 1.807) is 12.5 Å². The van der Waals surface area contributed by atoms with Gasteiger partial charge in [-0.1, -0.05) is 12.1 Å². The molecule has 0 fully saturated rings. The minimum Gasteiger partial charge on any atom is -0.348 e. The van der Waals surface area contributed by atoms with Crippen molar-refractivity contribution in [2.45, 2.75) is 26.1 Å². The Labute approximate surface area is 125 Å². The molecule has 0 aliphatic carbocycles. The maximum atomic E-state index is 12.2. The Morgan fingerprint density at radius 2 is 2.05 bits per heavy atom. The first kappa shape index (κ1) is 15.3. The molecular formula is C16H22N4O. The quantitative estimate of drug-likeness (QED) is 0.880. The minimum atomic E-state index is -0.0426. The lowest BCUT2D eigenvalue weighted by Crippen LogP contribution is -2.35. The highest BCUT2D eigenvalue weighted by Crippen LogP contribution is 2.06. The Bertz CT molecular complexity index is 560. The summed E-state index contributed by atoms with van der Waals surface area (Å²) in [5.74, 6) is -0.0426. The predicted molar refractivity (Wildman–Crippen MR) is 83.0 cm³/mol. The fourth-order valence-electron chi connectivity index (χ4n) is 2.19. The first-order chi connectivity index (χ1) is 10.0. The Hall–Kier alpha value is -2.14. The molecule has 0 aliphatic heterocycles. The highest BCUT2D eigenvalue weighted by molar-refractivity contribution is 5.94. The van der Waals surface area contributed by atoms with Crippen molar-refractivity contribution in [1.82, 2.24) is 19.8 Å². The lowest BCUT2D eigenvalue weighted by Gasteiger charge is -2.15. The minimum absolute atomic E-state index is 0.0426. The van der Waals surface area contributed by atoms with Gasteiger partial charge in [-0.2, -0.15) is 0 Å². The lowest BCUT2D eigenvalue weighted by molar-refractivity contribution is 0.0936. The second-order valence-corrected chi connectivity index (χ2v) is 5.57. The van der Waals surface area contributed by atoms with Crippen LogP contribution in [0, 0.1) is 0 Å². The Morgan fingerprint density at radius 3 is 2.62 bits per heavy atom. The normalized spacial score (nSPS) is 12.4. The van der Waals surface area contributed by atoms with Crippen LogP contribution in [0.2, 0.25) is 0 Å². The van der Waals surface area contributed by atoms with E-state index in [2.05, 4.69) is 15.2 Å². The Kier molecular flexibility index (Phi) is 5.11. The van der Waals surface area contributed by atoms with E-state index in [4.69, 9.17) is 0 Å². The van der Waals surface area contributed by atoms with Crippen LogP contribution in [0.5, 0.6) is 0 Å². The molecule has 0 radical (unpaired) electrons. The van der Waals surface area contributed by atoms with Gasteiger partial charge in [-0.25, -0.2) is 4.98 Å². The first-order valence-electron chi connectivity index (χ1n) is 7.05. The summed E-state index contributed by atoms with van der Waals surface area (Å²) in [4.78, 5) is 18.3. The van der Waals surface area contributed by atoms with Crippen LogP contribution in [-0.2, 0) is 13.1 Å². The average molecular weight is 286 g/mol. The number of amides is 1. The summed E-state index contributed by atoms with van der Waals surface area (Å²) < 4.78 is 1.95. The number of nitrogens with zero attached hydrogens (tertiary/aromatic N) is 3. The summed E-state index contributed by atoms with van der Waals surface area (Å²) in [7, 11) is 4.05. The SMILES string of the molecule is C[C@H](Cn1ccnc1)NC(=O)c1ccc(CN(C)C)cc1. The van der Waals surface area contributed by atoms with Crippen molar-refractivity contribution in [2.75, 3.05) is 14.1 Å². The standard InChI is InChI=1S/C16H22N4O/c1-13(10-20-9-8-17-12-20)18-16(21)15-6-4-14(5-7-15)11-19(2)3/h4-9,12-13H,10-11H2,1-3H3,(H,18,21)/t13-/m1/s1. The maximum absolute atomic E-state index is 12.2. The van der Waals surface area contributed by atoms with Crippen LogP contribution < -0.4 is 5.32 Å². The van der Waals surface area contributed by atoms with Crippen molar-refractivity contribution in [1.29, 1.82) is 0 Å². The van der Waals surface area contributed by atoms with Crippen LogP contribution >= 0.6 is 0 Å². The molecule has 1 heterocycles. The zero-order valence-corrected chi connectivity index (χ0v) is 12.8. The monoisotopic (exact) mass is 286 g/mol. The molecular weight excluding hydrogens is 264 g/mol. The van der Waals surface area contributed by atoms with E-state index >= 15 is 0 Å². The van der Waals surface area contributed by atoms with Crippen molar-refractivity contribution in [3.63, 3.8) is 0 Å². The van der Waals surface area contributed by atoms with Gasteiger partial charge in [0.1, 0.15) is 0 Å². The summed E-state index contributed by atoms with van der Waals surface area (Å²) in [5, 5.41) is 3.00. The number of hydrogen-bond donors (Lipinski definition) is 1. The molecule has 5 nitrogen and oxygen atoms in total. The smallest absolute Gasteiger partial charge is 0.251 e. The number of carbonyl (C=O) groups is 1. The topological polar surface area (TPSA) is 50.2 Å². The molecule has 0 aliphatic rings. The molecule has 112 valence electrons. The molecule has 1 N–H and O–H groups in total. The van der Waals surface area contributed by atoms with E-state index in [1.165, 1.54) is 5.56 Å². The third-order valence-corrected chi connectivity index (χ3v) is 3.14. The maximum Gasteiger partial charge on any atom is 0.251 e. The number of carbonyl (C=O) groups excluding carboxylic acids is 1. The van der Waals surface area contributed by atoms with E-state index in [0.29, 0.717) is 12.1 Å². The number of benzene rings is 1. The summed E-state index contributed by atoms with van der Waals surface area (Å²) in [6.45, 7) is 3.57. The predicted octanol–water partition coefficient (Wildman–Crippen LogP) is 1.76. The molecule has 1 aromatic carbocycles. The molecule has 0 saturated carbocycles. The van der Waals surface area contributed by atoms with Gasteiger partial charge in [0.05, 0.1) is 6.33 Å². The van der Waals surface area contributed by atoms with E-state index in [-0.39, 0.29) is 11.9 Å². The zero-order chi connectivity index (χ0) is 15.2. The molecule has 1 atom stereocenters. The van der Waals surface area contributed by atoms with Crippen molar-refractivity contribution >= 4 is 5.91 Å². The fourth-order valence-corrected chi connectivity index (χ4v) is 2.19. The van der Waals surface area contributed by atoms with Gasteiger partial charge < -0.3 is 14.8 Å². The van der Waals surface area contributed by atoms with Gasteiger partial charge in [0, 0.05) is 37.1 Å². The lowest BCUT2D eigenvalue weighted by atomic mass is 10.1. The van der Waals surface area contributed by atoms with Crippen LogP contribution in [0.4, 0.5) is 0 Å². The van der Waals surface area contributed by atoms with Crippen molar-refractivity contribution in [3.05, 3.63) is 54.1 Å². The molecule has 1 amide bonds. The molecule has 21 heavy (non-hydrogen) atoms. The van der Waals surface area contributed by atoms with E-state index in [0.717, 1.165) is 6.54 Å². The van der Waals surface area contributed by atoms with Gasteiger partial charge in [-0.3, -0.25) is 4.79 Å². The largest absolute Gasteiger partial charge is 0.348 e. The number of rotatable bonds is 6. The van der Waals surface area contributed by atoms with Crippen molar-refractivity contribution in [3.8, 4) is 0 Å². The van der Waals surface area contributed by atoms with Crippen LogP contribution in [0.1, 0.15) is 22.8 Å². The molecule has 0 unspecified atom stereocenters. The van der Waals surface area contributed by atoms with Crippen molar-refractivity contribution < 1.29 is 4.79 Å². The van der Waals surface area contributed by atoms with Gasteiger partial charge in [0.2, 0.25) is 0 Å². The van der Waals surface area contributed by atoms with Crippen LogP contribution in [-0.4, -0.2) is 40.5 Å². The summed E-state index contributed by atoms with van der Waals surface area (Å²) in [5.41, 5.74) is 1.89. The van der Waals surface area contributed by atoms with Gasteiger partial charge >= 0.3 is 0 Å². The fraction of sp³-hybridized carbons (Fsp3) is 0.375. The molecule has 2 aromatic rings. The Morgan fingerprint density at radius 1 is 1.33 bits per heavy atom. The molecule has 0 saturated heterocycles. The number of nitrogens with one attached hydrogen (secondary N) is 1. The van der Waals surface area contributed by atoms with Gasteiger partial charge in [-0.05, 0) is 38.7 Å². The number of imidazole rings is 1. The summed E-state index contributed by atoms with van der Waals surface area (Å²) in [6, 6.07) is 7.79. The number of aromatic nitrogens is 2. The van der Waals surface area contributed by atoms with E-state index in [1.807, 2.05) is 56.0 Å². The van der Waals surface area contributed by atoms with Gasteiger partial charge in [-0.15, -0.1) is 0 Å². The summed E-state index contributed by atoms with van der Waals surface area (Å²) in [6.07, 6.45) is 5.37. The van der Waals surface area contributed by atoms with Gasteiger partial charge in [0.25, 0.3) is 5.91 Å². The van der Waals surface area contributed by atoms with Crippen LogP contribution in [0.15, 0.2) is 43.0 Å². The van der Waals surface area contributed by atoms with Gasteiger partial charge in [0.15, 0.2) is 0 Å². The van der Waals surface area contributed by atoms with Crippen LogP contribution in [0.25, 0.3) is 0 Å². The van der Waals surface area contributed by atoms with E-state index < -0.39 is 0 Å². The highest BCUT2D eigenvalue weighted by Gasteiger charge is 2.10. The molecule has 1 aromatic heterocycles. The second kappa shape index (κ2) is 7.04. The Balaban J connectivity index is 1.90. The van der Waals surface area contributed by atoms with Crippen molar-refractivity contribution in [2.24, 2.45) is 0 Å². The molecule has 0 bridgehead atoms. The van der Waals surface area contributed by atoms with E-state index in [9.17, 15) is 4.79 Å². The first-order valence-corrected chi connectivity index (χ1v) is 7.05. The third-order valence-electron chi connectivity index (χ3n) is 3.14. The highest BCUT2D eigenvalue weighted by atomic mass is 16.1. The third kappa shape index (κ3) is 4.72. The second-order valence-electron chi connectivity index (χ2n) is 5.57. The zero-order valence-electron chi connectivity index (χ0n) is 12.8. The van der Waals surface area contributed by atoms with Crippen LogP contribution in [0.3, 0.4) is 0 Å². The average Bonchev–Trinajstić information content (AvgIpc) is 2.91. The number of hydrogen-bond acceptors (Lipinski definition) is 3. The molecule has 2 rings (SSSR count). The summed E-state index contributed by atoms with van der Waals surface area (Å²) >= 11 is 0.